The number of carbonyl (C=O) groups is 1. The third-order valence-corrected chi connectivity index (χ3v) is 5.45. The van der Waals surface area contributed by atoms with E-state index in [1.807, 2.05) is 48.7 Å². The molecule has 0 unspecified atom stereocenters. The summed E-state index contributed by atoms with van der Waals surface area (Å²) in [7, 11) is 0. The van der Waals surface area contributed by atoms with Crippen molar-refractivity contribution in [2.24, 2.45) is 5.10 Å². The molecule has 3 aromatic rings. The molecule has 0 radical (unpaired) electrons. The van der Waals surface area contributed by atoms with E-state index in [1.165, 1.54) is 11.8 Å². The molecule has 2 heterocycles. The molecule has 7 heteroatoms. The van der Waals surface area contributed by atoms with Crippen molar-refractivity contribution in [3.8, 4) is 0 Å². The van der Waals surface area contributed by atoms with Crippen LogP contribution in [0.3, 0.4) is 0 Å². The molecule has 3 rings (SSSR count). The van der Waals surface area contributed by atoms with Crippen LogP contribution in [0.2, 0.25) is 0 Å². The van der Waals surface area contributed by atoms with Crippen LogP contribution in [-0.2, 0) is 11.3 Å². The molecule has 0 spiro atoms. The highest BCUT2D eigenvalue weighted by Gasteiger charge is 2.11. The molecule has 0 saturated heterocycles. The Bertz CT molecular complexity index is 868. The Morgan fingerprint density at radius 3 is 2.92 bits per heavy atom. The first kappa shape index (κ1) is 16.7. The molecule has 0 bridgehead atoms. The van der Waals surface area contributed by atoms with Gasteiger partial charge < -0.3 is 4.57 Å². The number of para-hydroxylation sites is 2. The van der Waals surface area contributed by atoms with Crippen LogP contribution in [0.1, 0.15) is 18.7 Å². The second kappa shape index (κ2) is 7.63. The maximum atomic E-state index is 12.0. The number of imidazole rings is 1. The zero-order valence-electron chi connectivity index (χ0n) is 13.5. The number of aromatic nitrogens is 2. The maximum absolute atomic E-state index is 12.0. The number of thioether (sulfide) groups is 1. The lowest BCUT2D eigenvalue weighted by Crippen LogP contribution is -2.21. The van der Waals surface area contributed by atoms with Crippen molar-refractivity contribution < 1.29 is 4.79 Å². The minimum absolute atomic E-state index is 0.134. The van der Waals surface area contributed by atoms with E-state index in [0.717, 1.165) is 33.3 Å². The van der Waals surface area contributed by atoms with Crippen LogP contribution >= 0.6 is 23.1 Å². The molecular weight excluding hydrogens is 340 g/mol. The zero-order valence-corrected chi connectivity index (χ0v) is 15.2. The number of aryl methyl sites for hydroxylation is 1. The van der Waals surface area contributed by atoms with Crippen molar-refractivity contribution in [3.05, 3.63) is 46.7 Å². The molecule has 0 aliphatic heterocycles. The lowest BCUT2D eigenvalue weighted by molar-refractivity contribution is -0.118. The van der Waals surface area contributed by atoms with Gasteiger partial charge in [-0.2, -0.15) is 5.10 Å². The van der Waals surface area contributed by atoms with E-state index < -0.39 is 0 Å². The molecule has 24 heavy (non-hydrogen) atoms. The number of thiophene rings is 1. The molecule has 1 aromatic carbocycles. The fraction of sp³-hybridized carbons (Fsp3) is 0.235. The van der Waals surface area contributed by atoms with Crippen LogP contribution in [-0.4, -0.2) is 26.9 Å². The van der Waals surface area contributed by atoms with Crippen molar-refractivity contribution in [1.82, 2.24) is 15.0 Å². The molecule has 0 aliphatic rings. The first-order valence-corrected chi connectivity index (χ1v) is 9.50. The number of nitrogens with zero attached hydrogens (tertiary/aromatic N) is 3. The summed E-state index contributed by atoms with van der Waals surface area (Å²) in [5, 5.41) is 6.99. The van der Waals surface area contributed by atoms with Crippen molar-refractivity contribution in [1.29, 1.82) is 0 Å². The lowest BCUT2D eigenvalue weighted by atomic mass is 10.3. The third-order valence-electron chi connectivity index (χ3n) is 3.49. The van der Waals surface area contributed by atoms with E-state index in [4.69, 9.17) is 0 Å². The van der Waals surface area contributed by atoms with E-state index in [9.17, 15) is 4.79 Å². The SMILES string of the molecule is CCn1c(SCC(=O)N/N=C(/C)c2cccs2)nc2ccccc21. The van der Waals surface area contributed by atoms with Gasteiger partial charge in [-0.25, -0.2) is 10.4 Å². The molecule has 0 atom stereocenters. The smallest absolute Gasteiger partial charge is 0.250 e. The predicted molar refractivity (Wildman–Crippen MR) is 101 cm³/mol. The number of carbonyl (C=O) groups excluding carboxylic acids is 1. The number of hydrazone groups is 1. The van der Waals surface area contributed by atoms with Gasteiger partial charge in [-0.05, 0) is 37.4 Å². The molecule has 1 amide bonds. The quantitative estimate of drug-likeness (QED) is 0.415. The van der Waals surface area contributed by atoms with Crippen LogP contribution in [0.15, 0.2) is 52.0 Å². The Morgan fingerprint density at radius 2 is 2.17 bits per heavy atom. The Balaban J connectivity index is 1.63. The Kier molecular flexibility index (Phi) is 5.32. The van der Waals surface area contributed by atoms with E-state index in [-0.39, 0.29) is 11.7 Å². The fourth-order valence-electron chi connectivity index (χ4n) is 2.32. The van der Waals surface area contributed by atoms with Crippen LogP contribution in [0, 0.1) is 0 Å². The highest BCUT2D eigenvalue weighted by molar-refractivity contribution is 7.99. The molecule has 0 saturated carbocycles. The Morgan fingerprint density at radius 1 is 1.33 bits per heavy atom. The monoisotopic (exact) mass is 358 g/mol. The highest BCUT2D eigenvalue weighted by Crippen LogP contribution is 2.23. The summed E-state index contributed by atoms with van der Waals surface area (Å²) in [5.74, 6) is 0.149. The van der Waals surface area contributed by atoms with Crippen molar-refractivity contribution >= 4 is 45.8 Å². The summed E-state index contributed by atoms with van der Waals surface area (Å²) in [4.78, 5) is 17.7. The van der Waals surface area contributed by atoms with Gasteiger partial charge in [0.2, 0.25) is 0 Å². The summed E-state index contributed by atoms with van der Waals surface area (Å²) in [6.07, 6.45) is 0. The fourth-order valence-corrected chi connectivity index (χ4v) is 3.87. The summed E-state index contributed by atoms with van der Waals surface area (Å²) in [5.41, 5.74) is 5.46. The van der Waals surface area contributed by atoms with Gasteiger partial charge in [0.1, 0.15) is 0 Å². The number of hydrogen-bond acceptors (Lipinski definition) is 5. The average Bonchev–Trinajstić information content (AvgIpc) is 3.24. The number of rotatable bonds is 6. The van der Waals surface area contributed by atoms with Gasteiger partial charge in [-0.3, -0.25) is 4.79 Å². The lowest BCUT2D eigenvalue weighted by Gasteiger charge is -2.05. The second-order valence-corrected chi connectivity index (χ2v) is 7.02. The highest BCUT2D eigenvalue weighted by atomic mass is 32.2. The zero-order chi connectivity index (χ0) is 16.9. The standard InChI is InChI=1S/C17H18N4OS2/c1-3-21-14-8-5-4-7-13(14)18-17(21)24-11-16(22)20-19-12(2)15-9-6-10-23-15/h4-10H,3,11H2,1-2H3,(H,20,22)/b19-12-. The van der Waals surface area contributed by atoms with Gasteiger partial charge in [0.05, 0.1) is 22.5 Å². The Labute approximate surface area is 148 Å². The van der Waals surface area contributed by atoms with Gasteiger partial charge in [0.15, 0.2) is 5.16 Å². The summed E-state index contributed by atoms with van der Waals surface area (Å²) < 4.78 is 2.12. The molecule has 0 fully saturated rings. The largest absolute Gasteiger partial charge is 0.319 e. The molecule has 2 aromatic heterocycles. The Hall–Kier alpha value is -2.12. The third kappa shape index (κ3) is 3.68. The first-order valence-electron chi connectivity index (χ1n) is 7.64. The van der Waals surface area contributed by atoms with Crippen LogP contribution in [0.4, 0.5) is 0 Å². The van der Waals surface area contributed by atoms with E-state index in [0.29, 0.717) is 0 Å². The van der Waals surface area contributed by atoms with Crippen molar-refractivity contribution in [3.63, 3.8) is 0 Å². The number of fused-ring (bicyclic) bond motifs is 1. The molecule has 5 nitrogen and oxygen atoms in total. The van der Waals surface area contributed by atoms with Crippen LogP contribution in [0.25, 0.3) is 11.0 Å². The number of amides is 1. The van der Waals surface area contributed by atoms with Crippen LogP contribution < -0.4 is 5.43 Å². The topological polar surface area (TPSA) is 59.3 Å². The van der Waals surface area contributed by atoms with E-state index in [1.54, 1.807) is 11.3 Å². The summed E-state index contributed by atoms with van der Waals surface area (Å²) in [6.45, 7) is 4.78. The molecular formula is C17H18N4OS2. The normalized spacial score (nSPS) is 11.8. The number of benzene rings is 1. The molecule has 0 aliphatic carbocycles. The average molecular weight is 358 g/mol. The predicted octanol–water partition coefficient (Wildman–Crippen LogP) is 3.75. The van der Waals surface area contributed by atoms with Gasteiger partial charge in [-0.15, -0.1) is 11.3 Å². The molecule has 124 valence electrons. The van der Waals surface area contributed by atoms with Gasteiger partial charge in [0.25, 0.3) is 5.91 Å². The number of hydrogen-bond donors (Lipinski definition) is 1. The van der Waals surface area contributed by atoms with Gasteiger partial charge in [-0.1, -0.05) is 30.0 Å². The molecule has 1 N–H and O–H groups in total. The van der Waals surface area contributed by atoms with E-state index in [2.05, 4.69) is 27.0 Å². The van der Waals surface area contributed by atoms with Crippen molar-refractivity contribution in [2.75, 3.05) is 5.75 Å². The summed E-state index contributed by atoms with van der Waals surface area (Å²) >= 11 is 3.03. The minimum Gasteiger partial charge on any atom is -0.319 e. The van der Waals surface area contributed by atoms with Gasteiger partial charge >= 0.3 is 0 Å². The van der Waals surface area contributed by atoms with Gasteiger partial charge in [0, 0.05) is 11.4 Å². The van der Waals surface area contributed by atoms with E-state index >= 15 is 0 Å². The summed E-state index contributed by atoms with van der Waals surface area (Å²) in [6, 6.07) is 11.9. The first-order chi connectivity index (χ1) is 11.7. The van der Waals surface area contributed by atoms with Crippen LogP contribution in [0.5, 0.6) is 0 Å². The number of nitrogens with one attached hydrogen (secondary N) is 1. The second-order valence-electron chi connectivity index (χ2n) is 5.13. The van der Waals surface area contributed by atoms with Crippen molar-refractivity contribution in [2.45, 2.75) is 25.5 Å². The minimum atomic E-state index is -0.134. The maximum Gasteiger partial charge on any atom is 0.250 e.